The van der Waals surface area contributed by atoms with Gasteiger partial charge in [-0.05, 0) is 60.1 Å². The van der Waals surface area contributed by atoms with Crippen LogP contribution in [0.4, 0.5) is 32.0 Å². The van der Waals surface area contributed by atoms with Gasteiger partial charge in [0.25, 0.3) is 0 Å². The highest BCUT2D eigenvalue weighted by molar-refractivity contribution is 5.79. The van der Waals surface area contributed by atoms with Crippen LogP contribution in [0.25, 0.3) is 0 Å². The van der Waals surface area contributed by atoms with Crippen LogP contribution >= 0.6 is 0 Å². The molecule has 0 aliphatic carbocycles. The summed E-state index contributed by atoms with van der Waals surface area (Å²) in [5.41, 5.74) is 9.62. The van der Waals surface area contributed by atoms with Crippen molar-refractivity contribution in [2.75, 3.05) is 5.73 Å². The second-order valence-electron chi connectivity index (χ2n) is 7.84. The summed E-state index contributed by atoms with van der Waals surface area (Å²) in [5, 5.41) is 27.0. The lowest BCUT2D eigenvalue weighted by Crippen LogP contribution is -2.21. The Morgan fingerprint density at radius 3 is 1.82 bits per heavy atom. The van der Waals surface area contributed by atoms with E-state index < -0.39 is 30.3 Å². The van der Waals surface area contributed by atoms with Gasteiger partial charge in [-0.2, -0.15) is 31.4 Å². The number of anilines is 1. The molecule has 1 unspecified atom stereocenters. The number of halogens is 6. The van der Waals surface area contributed by atoms with Crippen LogP contribution in [0.5, 0.6) is 0 Å². The standard InChI is InChI=1S/C20H25N3O2.2C2HF3O2/c21-19-10-8-15(9-11-19)4-1-2-6-18(13-20(24)25)17-7-3-5-16(12-17)14-23-22;2*3-2(4,5)1(6)7/h3,5,7-12,14,18H,1-2,4,6,13,21-22H2,(H,24,25);2*(H,6,7). The van der Waals surface area contributed by atoms with E-state index in [1.807, 2.05) is 48.5 Å². The summed E-state index contributed by atoms with van der Waals surface area (Å²) < 4.78 is 63.5. The molecule has 2 rings (SSSR count). The summed E-state index contributed by atoms with van der Waals surface area (Å²) in [5.74, 6) is -1.10. The Hall–Kier alpha value is -4.30. The van der Waals surface area contributed by atoms with Gasteiger partial charge in [-0.3, -0.25) is 4.79 Å². The number of carbonyl (C=O) groups is 3. The van der Waals surface area contributed by atoms with Gasteiger partial charge in [-0.25, -0.2) is 9.59 Å². The number of unbranched alkanes of at least 4 members (excludes halogenated alkanes) is 1. The van der Waals surface area contributed by atoms with Crippen molar-refractivity contribution in [2.24, 2.45) is 10.9 Å². The van der Waals surface area contributed by atoms with Gasteiger partial charge in [0.1, 0.15) is 0 Å². The molecule has 1 atom stereocenters. The van der Waals surface area contributed by atoms with E-state index in [1.165, 1.54) is 5.56 Å². The van der Waals surface area contributed by atoms with Crippen molar-refractivity contribution in [3.05, 3.63) is 65.2 Å². The molecule has 0 amide bonds. The van der Waals surface area contributed by atoms with Crippen molar-refractivity contribution < 1.29 is 56.0 Å². The van der Waals surface area contributed by atoms with Crippen molar-refractivity contribution in [3.8, 4) is 0 Å². The lowest BCUT2D eigenvalue weighted by molar-refractivity contribution is -0.193. The third-order valence-corrected chi connectivity index (χ3v) is 4.76. The molecule has 9 nitrogen and oxygen atoms in total. The minimum absolute atomic E-state index is 0.00459. The number of hydrazone groups is 1. The lowest BCUT2D eigenvalue weighted by Gasteiger charge is -2.16. The molecule has 0 aliphatic rings. The predicted molar refractivity (Wildman–Crippen MR) is 129 cm³/mol. The van der Waals surface area contributed by atoms with Crippen LogP contribution in [0.1, 0.15) is 48.3 Å². The Labute approximate surface area is 218 Å². The summed E-state index contributed by atoms with van der Waals surface area (Å²) in [6, 6.07) is 15.7. The van der Waals surface area contributed by atoms with Crippen LogP contribution < -0.4 is 11.6 Å². The number of nitrogen functional groups attached to an aromatic ring is 1. The average molecular weight is 567 g/mol. The van der Waals surface area contributed by atoms with Gasteiger partial charge < -0.3 is 26.9 Å². The Morgan fingerprint density at radius 1 is 0.872 bits per heavy atom. The zero-order valence-electron chi connectivity index (χ0n) is 20.2. The molecule has 0 saturated heterocycles. The fourth-order valence-corrected chi connectivity index (χ4v) is 2.98. The molecule has 0 spiro atoms. The number of alkyl halides is 6. The zero-order chi connectivity index (χ0) is 30.2. The first-order valence-electron chi connectivity index (χ1n) is 11.0. The van der Waals surface area contributed by atoms with E-state index >= 15 is 0 Å². The highest BCUT2D eigenvalue weighted by atomic mass is 19.4. The number of nitrogens with two attached hydrogens (primary N) is 2. The molecule has 0 bridgehead atoms. The number of carboxylic acid groups (broad SMARTS) is 3. The third-order valence-electron chi connectivity index (χ3n) is 4.76. The topological polar surface area (TPSA) is 176 Å². The van der Waals surface area contributed by atoms with Crippen LogP contribution in [0.2, 0.25) is 0 Å². The second-order valence-corrected chi connectivity index (χ2v) is 7.84. The molecule has 0 fully saturated rings. The van der Waals surface area contributed by atoms with Crippen LogP contribution in [0.3, 0.4) is 0 Å². The van der Waals surface area contributed by atoms with Gasteiger partial charge in [0.15, 0.2) is 0 Å². The molecule has 0 saturated carbocycles. The molecule has 0 aromatic heterocycles. The predicted octanol–water partition coefficient (Wildman–Crippen LogP) is 4.80. The first-order chi connectivity index (χ1) is 18.0. The number of carboxylic acids is 3. The van der Waals surface area contributed by atoms with Crippen molar-refractivity contribution >= 4 is 29.8 Å². The Balaban J connectivity index is 0.000000848. The van der Waals surface area contributed by atoms with Crippen LogP contribution in [0, 0.1) is 0 Å². The smallest absolute Gasteiger partial charge is 0.481 e. The SMILES string of the molecule is NN=Cc1cccc(C(CCCCc2ccc(N)cc2)CC(=O)O)c1.O=C(O)C(F)(F)F.O=C(O)C(F)(F)F. The van der Waals surface area contributed by atoms with Gasteiger partial charge in [-0.15, -0.1) is 0 Å². The first kappa shape index (κ1) is 34.7. The summed E-state index contributed by atoms with van der Waals surface area (Å²) in [6.45, 7) is 0. The van der Waals surface area contributed by atoms with Gasteiger partial charge in [0.2, 0.25) is 0 Å². The molecule has 7 N–H and O–H groups in total. The lowest BCUT2D eigenvalue weighted by atomic mass is 9.89. The maximum atomic E-state index is 11.2. The van der Waals surface area contributed by atoms with Gasteiger partial charge >= 0.3 is 30.3 Å². The van der Waals surface area contributed by atoms with E-state index in [4.69, 9.17) is 31.4 Å². The normalized spacial score (nSPS) is 11.9. The molecule has 0 radical (unpaired) electrons. The third kappa shape index (κ3) is 16.2. The number of hydrogen-bond donors (Lipinski definition) is 5. The number of rotatable bonds is 9. The number of hydrogen-bond acceptors (Lipinski definition) is 6. The number of benzene rings is 2. The maximum Gasteiger partial charge on any atom is 0.490 e. The Bertz CT molecular complexity index is 1060. The summed E-state index contributed by atoms with van der Waals surface area (Å²) in [4.78, 5) is 29.0. The van der Waals surface area contributed by atoms with Crippen LogP contribution in [-0.4, -0.2) is 51.8 Å². The molecule has 0 aliphatic heterocycles. The quantitative estimate of drug-likeness (QED) is 0.0717. The van der Waals surface area contributed by atoms with Crippen molar-refractivity contribution in [1.29, 1.82) is 0 Å². The molecule has 2 aromatic carbocycles. The minimum Gasteiger partial charge on any atom is -0.481 e. The average Bonchev–Trinajstić information content (AvgIpc) is 2.82. The zero-order valence-corrected chi connectivity index (χ0v) is 20.2. The van der Waals surface area contributed by atoms with E-state index in [0.29, 0.717) is 0 Å². The largest absolute Gasteiger partial charge is 0.490 e. The van der Waals surface area contributed by atoms with E-state index in [0.717, 1.165) is 42.5 Å². The molecule has 39 heavy (non-hydrogen) atoms. The van der Waals surface area contributed by atoms with Crippen molar-refractivity contribution in [1.82, 2.24) is 0 Å². The monoisotopic (exact) mass is 567 g/mol. The first-order valence-corrected chi connectivity index (χ1v) is 11.0. The molecule has 216 valence electrons. The molecule has 2 aromatic rings. The van der Waals surface area contributed by atoms with Crippen LogP contribution in [-0.2, 0) is 20.8 Å². The highest BCUT2D eigenvalue weighted by Gasteiger charge is 2.38. The second kappa shape index (κ2) is 16.5. The maximum absolute atomic E-state index is 11.2. The van der Waals surface area contributed by atoms with E-state index in [2.05, 4.69) is 5.10 Å². The fourth-order valence-electron chi connectivity index (χ4n) is 2.98. The van der Waals surface area contributed by atoms with Gasteiger partial charge in [0, 0.05) is 5.69 Å². The summed E-state index contributed by atoms with van der Waals surface area (Å²) in [7, 11) is 0. The van der Waals surface area contributed by atoms with Gasteiger partial charge in [-0.1, -0.05) is 36.8 Å². The van der Waals surface area contributed by atoms with Crippen molar-refractivity contribution in [3.63, 3.8) is 0 Å². The Morgan fingerprint density at radius 2 is 1.38 bits per heavy atom. The molecule has 15 heteroatoms. The number of aryl methyl sites for hydroxylation is 1. The van der Waals surface area contributed by atoms with E-state index in [-0.39, 0.29) is 12.3 Å². The minimum atomic E-state index is -5.08. The summed E-state index contributed by atoms with van der Waals surface area (Å²) in [6.07, 6.45) is -4.67. The van der Waals surface area contributed by atoms with E-state index in [9.17, 15) is 36.2 Å². The number of nitrogens with zero attached hydrogens (tertiary/aromatic N) is 1. The number of aliphatic carboxylic acids is 3. The fraction of sp³-hybridized carbons (Fsp3) is 0.333. The Kier molecular flexibility index (Phi) is 14.7. The van der Waals surface area contributed by atoms with Crippen LogP contribution in [0.15, 0.2) is 53.6 Å². The molecule has 0 heterocycles. The molecular weight excluding hydrogens is 540 g/mol. The molecular formula is C24H27F6N3O6. The van der Waals surface area contributed by atoms with E-state index in [1.54, 1.807) is 6.21 Å². The highest BCUT2D eigenvalue weighted by Crippen LogP contribution is 2.27. The summed E-state index contributed by atoms with van der Waals surface area (Å²) >= 11 is 0. The van der Waals surface area contributed by atoms with Gasteiger partial charge in [0.05, 0.1) is 12.6 Å². The van der Waals surface area contributed by atoms with Crippen molar-refractivity contribution in [2.45, 2.75) is 50.4 Å².